The Morgan fingerprint density at radius 2 is 2.50 bits per heavy atom. The van der Waals surface area contributed by atoms with Gasteiger partial charge in [-0.1, -0.05) is 5.92 Å². The smallest absolute Gasteiger partial charge is 0.0248 e. The van der Waals surface area contributed by atoms with Crippen LogP contribution in [0, 0.1) is 12.3 Å². The molecule has 0 aliphatic rings. The van der Waals surface area contributed by atoms with Crippen LogP contribution in [0.25, 0.3) is 0 Å². The van der Waals surface area contributed by atoms with E-state index in [4.69, 9.17) is 12.2 Å². The molecule has 1 unspecified atom stereocenters. The van der Waals surface area contributed by atoms with Gasteiger partial charge in [-0.05, 0) is 13.3 Å². The minimum Gasteiger partial charge on any atom is -0.327 e. The lowest BCUT2D eigenvalue weighted by Gasteiger charge is -1.91. The number of nitrogens with two attached hydrogens (primary N) is 1. The SMILES string of the molecule is [C]#CCC(C)N. The van der Waals surface area contributed by atoms with Gasteiger partial charge in [-0.15, -0.1) is 0 Å². The molecule has 0 aromatic rings. The summed E-state index contributed by atoms with van der Waals surface area (Å²) in [6.07, 6.45) is 6.97. The maximum Gasteiger partial charge on any atom is 0.0248 e. The second kappa shape index (κ2) is 2.74. The van der Waals surface area contributed by atoms with Gasteiger partial charge < -0.3 is 5.73 Å². The minimum atomic E-state index is 0.0995. The average molecular weight is 82.1 g/mol. The molecule has 2 N–H and O–H groups in total. The third-order valence-corrected chi connectivity index (χ3v) is 0.424. The molecule has 0 amide bonds. The van der Waals surface area contributed by atoms with Gasteiger partial charge in [0.1, 0.15) is 0 Å². The first-order valence-corrected chi connectivity index (χ1v) is 1.92. The van der Waals surface area contributed by atoms with Crippen molar-refractivity contribution >= 4 is 0 Å². The summed E-state index contributed by atoms with van der Waals surface area (Å²) in [4.78, 5) is 0. The molecule has 0 aliphatic carbocycles. The van der Waals surface area contributed by atoms with Crippen LogP contribution < -0.4 is 5.73 Å². The van der Waals surface area contributed by atoms with Gasteiger partial charge in [0.2, 0.25) is 0 Å². The van der Waals surface area contributed by atoms with Crippen molar-refractivity contribution in [2.24, 2.45) is 5.73 Å². The third kappa shape index (κ3) is 3.52. The van der Waals surface area contributed by atoms with E-state index in [1.807, 2.05) is 6.92 Å². The topological polar surface area (TPSA) is 26.0 Å². The van der Waals surface area contributed by atoms with Crippen molar-refractivity contribution in [1.29, 1.82) is 0 Å². The normalized spacial score (nSPS) is 12.8. The number of hydrogen-bond donors (Lipinski definition) is 1. The van der Waals surface area contributed by atoms with E-state index in [2.05, 4.69) is 5.92 Å². The molecular formula is C5H8N. The monoisotopic (exact) mass is 82.1 g/mol. The van der Waals surface area contributed by atoms with Crippen molar-refractivity contribution in [2.45, 2.75) is 19.4 Å². The fraction of sp³-hybridized carbons (Fsp3) is 0.600. The van der Waals surface area contributed by atoms with E-state index in [1.54, 1.807) is 0 Å². The van der Waals surface area contributed by atoms with Gasteiger partial charge in [-0.25, -0.2) is 0 Å². The standard InChI is InChI=1S/C5H8N/c1-3-4-5(2)6/h5H,4,6H2,2H3. The van der Waals surface area contributed by atoms with Crippen LogP contribution in [0.5, 0.6) is 0 Å². The van der Waals surface area contributed by atoms with Gasteiger partial charge in [-0.2, -0.15) is 0 Å². The van der Waals surface area contributed by atoms with Crippen molar-refractivity contribution in [1.82, 2.24) is 0 Å². The van der Waals surface area contributed by atoms with Crippen LogP contribution in [-0.2, 0) is 0 Å². The molecule has 6 heavy (non-hydrogen) atoms. The van der Waals surface area contributed by atoms with E-state index in [0.717, 1.165) is 0 Å². The molecule has 0 heterocycles. The second-order valence-electron chi connectivity index (χ2n) is 1.36. The highest BCUT2D eigenvalue weighted by Gasteiger charge is 1.83. The molecule has 0 bridgehead atoms. The van der Waals surface area contributed by atoms with Crippen molar-refractivity contribution in [3.63, 3.8) is 0 Å². The first-order chi connectivity index (χ1) is 2.77. The highest BCUT2D eigenvalue weighted by Crippen LogP contribution is 1.78. The van der Waals surface area contributed by atoms with Crippen LogP contribution in [-0.4, -0.2) is 6.04 Å². The highest BCUT2D eigenvalue weighted by molar-refractivity contribution is 4.79. The zero-order valence-corrected chi connectivity index (χ0v) is 3.86. The summed E-state index contributed by atoms with van der Waals surface area (Å²) in [7, 11) is 0. The Hall–Kier alpha value is -0.480. The maximum atomic E-state index is 6.40. The summed E-state index contributed by atoms with van der Waals surface area (Å²) in [5.41, 5.74) is 5.22. The Balaban J connectivity index is 2.88. The molecule has 1 nitrogen and oxygen atoms in total. The summed E-state index contributed by atoms with van der Waals surface area (Å²) in [6, 6.07) is 0.0995. The van der Waals surface area contributed by atoms with Crippen LogP contribution in [0.15, 0.2) is 0 Å². The molecule has 0 saturated heterocycles. The van der Waals surface area contributed by atoms with Crippen molar-refractivity contribution in [3.05, 3.63) is 6.42 Å². The summed E-state index contributed by atoms with van der Waals surface area (Å²) >= 11 is 0. The van der Waals surface area contributed by atoms with E-state index in [1.165, 1.54) is 0 Å². The lowest BCUT2D eigenvalue weighted by Crippen LogP contribution is -2.12. The molecule has 0 spiro atoms. The van der Waals surface area contributed by atoms with Gasteiger partial charge in [0, 0.05) is 12.5 Å². The molecule has 0 saturated carbocycles. The van der Waals surface area contributed by atoms with Gasteiger partial charge in [0.05, 0.1) is 0 Å². The van der Waals surface area contributed by atoms with E-state index < -0.39 is 0 Å². The van der Waals surface area contributed by atoms with Crippen LogP contribution in [0.2, 0.25) is 0 Å². The van der Waals surface area contributed by atoms with Crippen molar-refractivity contribution < 1.29 is 0 Å². The minimum absolute atomic E-state index is 0.0995. The van der Waals surface area contributed by atoms with E-state index in [0.29, 0.717) is 6.42 Å². The Bertz CT molecular complexity index is 58.8. The summed E-state index contributed by atoms with van der Waals surface area (Å²) in [5.74, 6) is 2.19. The molecule has 1 heteroatoms. The zero-order chi connectivity index (χ0) is 4.99. The van der Waals surface area contributed by atoms with Crippen LogP contribution in [0.3, 0.4) is 0 Å². The first kappa shape index (κ1) is 5.52. The summed E-state index contributed by atoms with van der Waals surface area (Å²) in [6.45, 7) is 1.85. The lowest BCUT2D eigenvalue weighted by atomic mass is 10.3. The van der Waals surface area contributed by atoms with Gasteiger partial charge in [0.25, 0.3) is 0 Å². The zero-order valence-electron chi connectivity index (χ0n) is 3.86. The van der Waals surface area contributed by atoms with E-state index >= 15 is 0 Å². The highest BCUT2D eigenvalue weighted by atomic mass is 14.6. The van der Waals surface area contributed by atoms with Crippen molar-refractivity contribution in [3.8, 4) is 5.92 Å². The van der Waals surface area contributed by atoms with E-state index in [-0.39, 0.29) is 6.04 Å². The molecule has 1 radical (unpaired) electrons. The summed E-state index contributed by atoms with van der Waals surface area (Å²) in [5, 5.41) is 0. The lowest BCUT2D eigenvalue weighted by molar-refractivity contribution is 0.770. The second-order valence-corrected chi connectivity index (χ2v) is 1.36. The molecular weight excluding hydrogens is 74.1 g/mol. The quantitative estimate of drug-likeness (QED) is 0.453. The van der Waals surface area contributed by atoms with Gasteiger partial charge in [-0.3, -0.25) is 0 Å². The summed E-state index contributed by atoms with van der Waals surface area (Å²) < 4.78 is 0. The predicted molar refractivity (Wildman–Crippen MR) is 25.4 cm³/mol. The number of rotatable bonds is 1. The molecule has 0 aromatic carbocycles. The Labute approximate surface area is 38.5 Å². The predicted octanol–water partition coefficient (Wildman–Crippen LogP) is 0.313. The maximum absolute atomic E-state index is 6.40. The molecule has 0 fully saturated rings. The van der Waals surface area contributed by atoms with Crippen molar-refractivity contribution in [2.75, 3.05) is 0 Å². The molecule has 0 aromatic heterocycles. The van der Waals surface area contributed by atoms with Gasteiger partial charge in [0.15, 0.2) is 0 Å². The largest absolute Gasteiger partial charge is 0.327 e. The van der Waals surface area contributed by atoms with E-state index in [9.17, 15) is 0 Å². The molecule has 1 atom stereocenters. The van der Waals surface area contributed by atoms with Gasteiger partial charge >= 0.3 is 0 Å². The van der Waals surface area contributed by atoms with Crippen LogP contribution in [0.1, 0.15) is 13.3 Å². The Kier molecular flexibility index (Phi) is 2.52. The molecule has 33 valence electrons. The first-order valence-electron chi connectivity index (χ1n) is 1.92. The fourth-order valence-corrected chi connectivity index (χ4v) is 0.161. The van der Waals surface area contributed by atoms with Crippen LogP contribution >= 0.6 is 0 Å². The Morgan fingerprint density at radius 3 is 2.50 bits per heavy atom. The Morgan fingerprint density at radius 1 is 2.00 bits per heavy atom. The molecule has 0 rings (SSSR count). The molecule has 0 aliphatic heterocycles. The average Bonchev–Trinajstić information content (AvgIpc) is 1.35. The fourth-order valence-electron chi connectivity index (χ4n) is 0.161. The van der Waals surface area contributed by atoms with Crippen LogP contribution in [0.4, 0.5) is 0 Å². The third-order valence-electron chi connectivity index (χ3n) is 0.424. The number of hydrogen-bond acceptors (Lipinski definition) is 1.